The molecule has 3 heterocycles. The quantitative estimate of drug-likeness (QED) is 0.0650. The molecule has 4 N–H and O–H groups in total. The monoisotopic (exact) mass is 1010 g/mol. The molecule has 2 aromatic heterocycles. The van der Waals surface area contributed by atoms with E-state index in [0.29, 0.717) is 29.6 Å². The Morgan fingerprint density at radius 3 is 1.28 bits per heavy atom. The van der Waals surface area contributed by atoms with Gasteiger partial charge in [-0.2, -0.15) is 0 Å². The molecular formula is C55H64N10O9. The number of methoxy groups -OCH3 is 1. The van der Waals surface area contributed by atoms with Gasteiger partial charge in [0.05, 0.1) is 7.11 Å². The highest BCUT2D eigenvalue weighted by atomic mass is 16.6. The number of carbonyl (C=O) groups excluding carboxylic acids is 5. The first-order valence-corrected chi connectivity index (χ1v) is 24.0. The summed E-state index contributed by atoms with van der Waals surface area (Å²) < 4.78 is 21.4. The predicted molar refractivity (Wildman–Crippen MR) is 281 cm³/mol. The van der Waals surface area contributed by atoms with Crippen LogP contribution in [0.3, 0.4) is 0 Å². The van der Waals surface area contributed by atoms with Gasteiger partial charge in [-0.3, -0.25) is 28.9 Å². The lowest BCUT2D eigenvalue weighted by Crippen LogP contribution is -2.48. The second-order valence-electron chi connectivity index (χ2n) is 19.0. The molecule has 0 radical (unpaired) electrons. The van der Waals surface area contributed by atoms with Crippen molar-refractivity contribution in [1.82, 2.24) is 40.4 Å². The van der Waals surface area contributed by atoms with Gasteiger partial charge in [0, 0.05) is 98.1 Å². The highest BCUT2D eigenvalue weighted by molar-refractivity contribution is 5.97. The third kappa shape index (κ3) is 18.0. The van der Waals surface area contributed by atoms with Crippen molar-refractivity contribution in [2.24, 2.45) is 0 Å². The third-order valence-electron chi connectivity index (χ3n) is 10.8. The zero-order valence-electron chi connectivity index (χ0n) is 43.1. The first-order valence-electron chi connectivity index (χ1n) is 24.0. The molecule has 0 atom stereocenters. The van der Waals surface area contributed by atoms with E-state index in [-0.39, 0.29) is 30.8 Å². The second-order valence-corrected chi connectivity index (χ2v) is 19.0. The largest absolute Gasteiger partial charge is 0.497 e. The summed E-state index contributed by atoms with van der Waals surface area (Å²) in [6.45, 7) is 16.5. The molecule has 0 spiro atoms. The van der Waals surface area contributed by atoms with E-state index in [1.165, 1.54) is 0 Å². The van der Waals surface area contributed by atoms with Crippen LogP contribution in [0.4, 0.5) is 23.3 Å². The highest BCUT2D eigenvalue weighted by Crippen LogP contribution is 2.24. The summed E-state index contributed by atoms with van der Waals surface area (Å²) in [7, 11) is 1.62. The average Bonchev–Trinajstić information content (AvgIpc) is 3.38. The van der Waals surface area contributed by atoms with Crippen LogP contribution in [0.25, 0.3) is 22.3 Å². The van der Waals surface area contributed by atoms with E-state index in [4.69, 9.17) is 18.9 Å². The van der Waals surface area contributed by atoms with Crippen LogP contribution in [0.15, 0.2) is 122 Å². The summed E-state index contributed by atoms with van der Waals surface area (Å²) >= 11 is 0. The summed E-state index contributed by atoms with van der Waals surface area (Å²) in [5, 5.41) is 11.4. The molecule has 7 rings (SSSR count). The lowest BCUT2D eigenvalue weighted by molar-refractivity contribution is -0.154. The molecule has 3 amide bonds. The molecule has 4 aromatic carbocycles. The van der Waals surface area contributed by atoms with Crippen LogP contribution in [0, 0.1) is 0 Å². The van der Waals surface area contributed by atoms with Crippen molar-refractivity contribution < 1.29 is 42.9 Å². The normalized spacial score (nSPS) is 12.5. The Morgan fingerprint density at radius 1 is 0.527 bits per heavy atom. The molecule has 1 aliphatic rings. The van der Waals surface area contributed by atoms with E-state index in [1.54, 1.807) is 129 Å². The minimum Gasteiger partial charge on any atom is -0.497 e. The molecule has 74 heavy (non-hydrogen) atoms. The molecule has 388 valence electrons. The van der Waals surface area contributed by atoms with Gasteiger partial charge in [0.2, 0.25) is 17.8 Å². The maximum atomic E-state index is 12.4. The Bertz CT molecular complexity index is 2790. The number of nitrogens with one attached hydrogen (secondary N) is 4. The number of aromatic nitrogens is 4. The van der Waals surface area contributed by atoms with E-state index < -0.39 is 23.1 Å². The fourth-order valence-corrected chi connectivity index (χ4v) is 7.12. The molecule has 0 saturated carbocycles. The number of benzene rings is 4. The molecule has 1 saturated heterocycles. The number of anilines is 4. The lowest BCUT2D eigenvalue weighted by atomic mass is 10.1. The smallest absolute Gasteiger partial charge is 0.325 e. The zero-order valence-corrected chi connectivity index (χ0v) is 43.1. The molecule has 0 unspecified atom stereocenters. The van der Waals surface area contributed by atoms with Crippen molar-refractivity contribution in [3.8, 4) is 33.8 Å². The first-order chi connectivity index (χ1) is 35.3. The van der Waals surface area contributed by atoms with E-state index in [1.807, 2.05) is 53.4 Å². The van der Waals surface area contributed by atoms with Gasteiger partial charge < -0.3 is 45.1 Å². The summed E-state index contributed by atoms with van der Waals surface area (Å²) in [6, 6.07) is 29.0. The number of amides is 3. The first kappa shape index (κ1) is 54.9. The van der Waals surface area contributed by atoms with Crippen LogP contribution in [0.5, 0.6) is 11.5 Å². The van der Waals surface area contributed by atoms with Crippen molar-refractivity contribution in [1.29, 1.82) is 0 Å². The fraction of sp³-hybridized carbons (Fsp3) is 0.327. The molecule has 1 aliphatic heterocycles. The number of esters is 2. The Hall–Kier alpha value is -8.45. The lowest BCUT2D eigenvalue weighted by Gasteiger charge is -2.34. The predicted octanol–water partition coefficient (Wildman–Crippen LogP) is 7.47. The van der Waals surface area contributed by atoms with Gasteiger partial charge in [-0.1, -0.05) is 24.3 Å². The van der Waals surface area contributed by atoms with E-state index in [9.17, 15) is 24.0 Å². The van der Waals surface area contributed by atoms with Crippen molar-refractivity contribution in [2.45, 2.75) is 59.7 Å². The molecule has 19 nitrogen and oxygen atoms in total. The topological polar surface area (TPSA) is 228 Å². The van der Waals surface area contributed by atoms with Crippen molar-refractivity contribution in [3.05, 3.63) is 133 Å². The van der Waals surface area contributed by atoms with Gasteiger partial charge in [-0.05, 0) is 125 Å². The van der Waals surface area contributed by atoms with Gasteiger partial charge in [-0.15, -0.1) is 0 Å². The van der Waals surface area contributed by atoms with E-state index in [0.717, 1.165) is 77.9 Å². The number of hydrogen-bond donors (Lipinski definition) is 4. The Labute approximate surface area is 431 Å². The van der Waals surface area contributed by atoms with Crippen LogP contribution in [0.2, 0.25) is 0 Å². The number of hydrogen-bond acceptors (Lipinski definition) is 16. The van der Waals surface area contributed by atoms with Gasteiger partial charge in [0.15, 0.2) is 0 Å². The van der Waals surface area contributed by atoms with Crippen LogP contribution >= 0.6 is 0 Å². The zero-order chi connectivity index (χ0) is 53.3. The maximum absolute atomic E-state index is 12.4. The van der Waals surface area contributed by atoms with Crippen LogP contribution < -0.4 is 30.7 Å². The van der Waals surface area contributed by atoms with Crippen molar-refractivity contribution in [2.75, 3.05) is 70.2 Å². The maximum Gasteiger partial charge on any atom is 0.325 e. The summed E-state index contributed by atoms with van der Waals surface area (Å²) in [5.74, 6) is 0.927. The molecule has 1 fully saturated rings. The van der Waals surface area contributed by atoms with Gasteiger partial charge in [-0.25, -0.2) is 19.9 Å². The van der Waals surface area contributed by atoms with Crippen LogP contribution in [0.1, 0.15) is 69.2 Å². The molecule has 0 bridgehead atoms. The Kier molecular flexibility index (Phi) is 19.1. The molecule has 19 heteroatoms. The minimum absolute atomic E-state index is 0.133. The number of rotatable bonds is 17. The Morgan fingerprint density at radius 2 is 0.919 bits per heavy atom. The van der Waals surface area contributed by atoms with Crippen molar-refractivity contribution >= 4 is 52.9 Å². The highest BCUT2D eigenvalue weighted by Gasteiger charge is 2.20. The SMILES string of the molecule is CC(=O)N1CCN(CCOc2ccc(Nc3ncc(-c4ccc(C(=O)NCC(=O)OC(C)(C)C)cc4)cn3)cc2)CC1.COc1ccc(Nc2ncc(-c3ccc(C(=O)NCC(=O)OC(C)(C)C)cc3)cn2)cc1. The van der Waals surface area contributed by atoms with Gasteiger partial charge >= 0.3 is 11.9 Å². The fourth-order valence-electron chi connectivity index (χ4n) is 7.12. The van der Waals surface area contributed by atoms with Crippen LogP contribution in [-0.4, -0.2) is 130 Å². The molecular weight excluding hydrogens is 945 g/mol. The minimum atomic E-state index is -0.604. The van der Waals surface area contributed by atoms with Crippen molar-refractivity contribution in [3.63, 3.8) is 0 Å². The van der Waals surface area contributed by atoms with Gasteiger partial charge in [0.1, 0.15) is 42.4 Å². The summed E-state index contributed by atoms with van der Waals surface area (Å²) in [5.41, 5.74) is 4.68. The number of piperazine rings is 1. The number of carbonyl (C=O) groups is 5. The summed E-state index contributed by atoms with van der Waals surface area (Å²) in [6.07, 6.45) is 6.83. The second kappa shape index (κ2) is 25.8. The summed E-state index contributed by atoms with van der Waals surface area (Å²) in [4.78, 5) is 81.4. The molecule has 0 aliphatic carbocycles. The Balaban J connectivity index is 0.000000250. The van der Waals surface area contributed by atoms with E-state index in [2.05, 4.69) is 46.1 Å². The standard InChI is InChI=1S/C31H38N6O5.C24H26N4O4/c1-22(38)37-15-13-36(14-16-37)17-18-41-27-11-9-26(10-12-27)35-30-33-19-25(20-34-30)23-5-7-24(8-6-23)29(40)32-21-28(39)42-31(2,3)4;1-24(2,3)32-21(29)15-25-22(30)17-7-5-16(6-8-17)18-13-26-23(27-14-18)28-19-9-11-20(31-4)12-10-19/h5-12,19-20H,13-18,21H2,1-4H3,(H,32,40)(H,33,34,35);5-14H,15H2,1-4H3,(H,25,30)(H,26,27,28). The third-order valence-corrected chi connectivity index (χ3v) is 10.8. The number of nitrogens with zero attached hydrogens (tertiary/aromatic N) is 6. The van der Waals surface area contributed by atoms with Gasteiger partial charge in [0.25, 0.3) is 11.8 Å². The number of ether oxygens (including phenoxy) is 4. The molecule has 6 aromatic rings. The average molecular weight is 1010 g/mol. The van der Waals surface area contributed by atoms with E-state index >= 15 is 0 Å². The van der Waals surface area contributed by atoms with Crippen LogP contribution in [-0.2, 0) is 23.9 Å².